The number of nitrogens with zero attached hydrogens (tertiary/aromatic N) is 4. The lowest BCUT2D eigenvalue weighted by atomic mass is 9.50. The summed E-state index contributed by atoms with van der Waals surface area (Å²) in [4.78, 5) is 18.0. The molecule has 0 bridgehead atoms. The molecule has 4 nitrogen and oxygen atoms in total. The van der Waals surface area contributed by atoms with Crippen molar-refractivity contribution in [3.05, 3.63) is 324 Å². The number of benzene rings is 11. The third kappa shape index (κ3) is 6.33. The van der Waals surface area contributed by atoms with Gasteiger partial charge in [0.05, 0.1) is 22.2 Å². The Morgan fingerprint density at radius 3 is 1.17 bits per heavy atom. The van der Waals surface area contributed by atoms with Crippen molar-refractivity contribution in [1.82, 2.24) is 15.0 Å². The lowest BCUT2D eigenvalue weighted by Gasteiger charge is -2.53. The average molecular weight is 955 g/mol. The number of rotatable bonds is 6. The molecule has 3 aliphatic rings. The van der Waals surface area contributed by atoms with Gasteiger partial charge in [0.25, 0.3) is 0 Å². The van der Waals surface area contributed by atoms with Crippen molar-refractivity contribution < 1.29 is 0 Å². The monoisotopic (exact) mass is 954 g/mol. The van der Waals surface area contributed by atoms with E-state index in [0.29, 0.717) is 17.5 Å². The Morgan fingerprint density at radius 1 is 0.227 bits per heavy atom. The molecule has 0 amide bonds. The first-order valence-corrected chi connectivity index (χ1v) is 25.8. The van der Waals surface area contributed by atoms with Crippen molar-refractivity contribution in [3.63, 3.8) is 0 Å². The molecule has 12 aromatic rings. The van der Waals surface area contributed by atoms with Gasteiger partial charge in [0.2, 0.25) is 0 Å². The minimum absolute atomic E-state index is 0.546. The quantitative estimate of drug-likeness (QED) is 0.167. The normalized spacial score (nSPS) is 13.8. The molecule has 2 aliphatic carbocycles. The predicted molar refractivity (Wildman–Crippen MR) is 304 cm³/mol. The Bertz CT molecular complexity index is 4090. The number of fused-ring (bicyclic) bond motifs is 15. The standard InChI is InChI=1S/C71H46N4/c1-4-21-47(22-5-1)48-39-41-50(42-40-48)68-72-67(49-23-6-2-7-24-49)73-69(74-68)53-26-20-25-51(45-53)52-43-44-66-64(46-52)71(63-37-18-19-38-65(63)75(66)54-27-8-3-9-28-54)61-35-16-14-33-59(61)70(60-34-15-17-36-62(60)71)57-31-12-10-29-55(57)56-30-11-13-32-58(56)70/h1-46H. The van der Waals surface area contributed by atoms with Crippen LogP contribution in [-0.4, -0.2) is 15.0 Å². The maximum atomic E-state index is 5.23. The van der Waals surface area contributed by atoms with Gasteiger partial charge in [-0.3, -0.25) is 0 Å². The first-order chi connectivity index (χ1) is 37.2. The topological polar surface area (TPSA) is 41.9 Å². The van der Waals surface area contributed by atoms with Gasteiger partial charge in [-0.2, -0.15) is 0 Å². The highest BCUT2D eigenvalue weighted by atomic mass is 15.2. The highest BCUT2D eigenvalue weighted by Gasteiger charge is 2.58. The summed E-state index contributed by atoms with van der Waals surface area (Å²) in [6.45, 7) is 0. The van der Waals surface area contributed by atoms with Crippen LogP contribution < -0.4 is 4.90 Å². The SMILES string of the molecule is c1ccc(-c2ccc(-c3nc(-c4ccccc4)nc(-c4cccc(-c5ccc6c(c5)C5(c7ccccc7N6c6ccccc6)c6ccccc6C6(c7ccccc7-c7ccccc76)c6ccccc65)c4)n3)cc2)cc1. The molecular formula is C71H46N4. The van der Waals surface area contributed by atoms with Crippen LogP contribution in [-0.2, 0) is 10.8 Å². The molecule has 0 atom stereocenters. The van der Waals surface area contributed by atoms with E-state index in [1.807, 2.05) is 24.3 Å². The van der Waals surface area contributed by atoms with Crippen molar-refractivity contribution >= 4 is 17.1 Å². The number of aromatic nitrogens is 3. The van der Waals surface area contributed by atoms with E-state index in [2.05, 4.69) is 260 Å². The Balaban J connectivity index is 0.956. The lowest BCUT2D eigenvalue weighted by Crippen LogP contribution is -2.47. The summed E-state index contributed by atoms with van der Waals surface area (Å²) < 4.78 is 0. The van der Waals surface area contributed by atoms with Crippen LogP contribution in [0.15, 0.2) is 279 Å². The Labute approximate surface area is 436 Å². The minimum Gasteiger partial charge on any atom is -0.310 e. The van der Waals surface area contributed by atoms with E-state index in [1.54, 1.807) is 0 Å². The molecular weight excluding hydrogens is 909 g/mol. The Kier molecular flexibility index (Phi) is 9.67. The number of hydrogen-bond donors (Lipinski definition) is 0. The predicted octanol–water partition coefficient (Wildman–Crippen LogP) is 17.0. The van der Waals surface area contributed by atoms with Crippen molar-refractivity contribution in [2.24, 2.45) is 0 Å². The van der Waals surface area contributed by atoms with Crippen LogP contribution in [0.5, 0.6) is 0 Å². The van der Waals surface area contributed by atoms with Gasteiger partial charge in [-0.15, -0.1) is 0 Å². The molecule has 0 saturated heterocycles. The van der Waals surface area contributed by atoms with E-state index < -0.39 is 10.8 Å². The fourth-order valence-electron chi connectivity index (χ4n) is 12.9. The zero-order valence-corrected chi connectivity index (χ0v) is 40.8. The number of anilines is 3. The van der Waals surface area contributed by atoms with Crippen LogP contribution in [0.1, 0.15) is 44.5 Å². The molecule has 0 N–H and O–H groups in total. The van der Waals surface area contributed by atoms with Crippen LogP contribution in [0, 0.1) is 0 Å². The third-order valence-corrected chi connectivity index (χ3v) is 16.0. The maximum absolute atomic E-state index is 5.23. The van der Waals surface area contributed by atoms with Crippen molar-refractivity contribution in [2.75, 3.05) is 4.90 Å². The van der Waals surface area contributed by atoms with E-state index >= 15 is 0 Å². The second kappa shape index (κ2) is 16.9. The lowest BCUT2D eigenvalue weighted by molar-refractivity contribution is 0.619. The van der Waals surface area contributed by atoms with E-state index in [9.17, 15) is 0 Å². The van der Waals surface area contributed by atoms with Crippen LogP contribution in [0.2, 0.25) is 0 Å². The molecule has 0 unspecified atom stereocenters. The fourth-order valence-corrected chi connectivity index (χ4v) is 12.9. The molecule has 1 aliphatic heterocycles. The summed E-state index contributed by atoms with van der Waals surface area (Å²) in [5.74, 6) is 1.87. The van der Waals surface area contributed by atoms with Gasteiger partial charge >= 0.3 is 0 Å². The molecule has 75 heavy (non-hydrogen) atoms. The first-order valence-electron chi connectivity index (χ1n) is 25.8. The molecule has 2 spiro atoms. The molecule has 0 saturated carbocycles. The maximum Gasteiger partial charge on any atom is 0.164 e. The molecule has 1 aromatic heterocycles. The van der Waals surface area contributed by atoms with Gasteiger partial charge in [-0.05, 0) is 114 Å². The summed E-state index contributed by atoms with van der Waals surface area (Å²) in [5.41, 5.74) is 22.2. The first kappa shape index (κ1) is 42.9. The molecule has 350 valence electrons. The Morgan fingerprint density at radius 2 is 0.587 bits per heavy atom. The van der Waals surface area contributed by atoms with Crippen LogP contribution in [0.25, 0.3) is 67.5 Å². The van der Waals surface area contributed by atoms with E-state index in [4.69, 9.17) is 15.0 Å². The van der Waals surface area contributed by atoms with Crippen molar-refractivity contribution in [1.29, 1.82) is 0 Å². The molecule has 0 radical (unpaired) electrons. The molecule has 2 heterocycles. The largest absolute Gasteiger partial charge is 0.310 e. The zero-order valence-electron chi connectivity index (χ0n) is 40.8. The van der Waals surface area contributed by atoms with Crippen LogP contribution >= 0.6 is 0 Å². The minimum atomic E-state index is -0.723. The molecule has 4 heteroatoms. The van der Waals surface area contributed by atoms with Gasteiger partial charge in [-0.1, -0.05) is 243 Å². The summed E-state index contributed by atoms with van der Waals surface area (Å²) in [6, 6.07) is 102. The van der Waals surface area contributed by atoms with Crippen molar-refractivity contribution in [2.45, 2.75) is 10.8 Å². The molecule has 11 aromatic carbocycles. The van der Waals surface area contributed by atoms with Crippen LogP contribution in [0.3, 0.4) is 0 Å². The highest BCUT2D eigenvalue weighted by molar-refractivity contribution is 5.95. The summed E-state index contributed by atoms with van der Waals surface area (Å²) in [7, 11) is 0. The van der Waals surface area contributed by atoms with Crippen molar-refractivity contribution in [3.8, 4) is 67.5 Å². The van der Waals surface area contributed by atoms with Gasteiger partial charge < -0.3 is 4.90 Å². The van der Waals surface area contributed by atoms with Crippen LogP contribution in [0.4, 0.5) is 17.1 Å². The number of para-hydroxylation sites is 2. The summed E-state index contributed by atoms with van der Waals surface area (Å²) >= 11 is 0. The summed E-state index contributed by atoms with van der Waals surface area (Å²) in [5, 5.41) is 0. The third-order valence-electron chi connectivity index (χ3n) is 16.0. The Hall–Kier alpha value is -9.77. The van der Waals surface area contributed by atoms with E-state index in [-0.39, 0.29) is 0 Å². The second-order valence-corrected chi connectivity index (χ2v) is 19.8. The van der Waals surface area contributed by atoms with E-state index in [0.717, 1.165) is 50.4 Å². The van der Waals surface area contributed by atoms with E-state index in [1.165, 1.54) is 61.2 Å². The summed E-state index contributed by atoms with van der Waals surface area (Å²) in [6.07, 6.45) is 0. The fraction of sp³-hybridized carbons (Fsp3) is 0.0282. The molecule has 15 rings (SSSR count). The second-order valence-electron chi connectivity index (χ2n) is 19.8. The average Bonchev–Trinajstić information content (AvgIpc) is 3.79. The zero-order chi connectivity index (χ0) is 49.5. The van der Waals surface area contributed by atoms with Gasteiger partial charge in [0.1, 0.15) is 0 Å². The smallest absolute Gasteiger partial charge is 0.164 e. The molecule has 0 fully saturated rings. The van der Waals surface area contributed by atoms with Gasteiger partial charge in [-0.25, -0.2) is 15.0 Å². The highest BCUT2D eigenvalue weighted by Crippen LogP contribution is 2.67. The van der Waals surface area contributed by atoms with Gasteiger partial charge in [0.15, 0.2) is 17.5 Å². The van der Waals surface area contributed by atoms with Gasteiger partial charge in [0, 0.05) is 22.4 Å². The number of hydrogen-bond acceptors (Lipinski definition) is 4.